The lowest BCUT2D eigenvalue weighted by molar-refractivity contribution is 0.0684. The van der Waals surface area contributed by atoms with Crippen LogP contribution >= 0.6 is 0 Å². The second-order valence-electron chi connectivity index (χ2n) is 6.12. The minimum atomic E-state index is -1.67. The zero-order valence-corrected chi connectivity index (χ0v) is 15.8. The molecule has 0 amide bonds. The second kappa shape index (κ2) is 7.32. The van der Waals surface area contributed by atoms with Gasteiger partial charge in [0.15, 0.2) is 0 Å². The van der Waals surface area contributed by atoms with Gasteiger partial charge < -0.3 is 14.4 Å². The summed E-state index contributed by atoms with van der Waals surface area (Å²) in [5.74, 6) is -0.570. The van der Waals surface area contributed by atoms with Gasteiger partial charge in [0, 0.05) is 16.0 Å². The fraction of sp³-hybridized carbons (Fsp3) is 0.0455. The SMILES string of the molecule is COc1ccc2c(c1)c(S(=O)c1ccccc1)c(C(=O)O)n2-c1ccccc1. The highest BCUT2D eigenvalue weighted by molar-refractivity contribution is 7.85. The molecular weight excluding hydrogens is 374 g/mol. The van der Waals surface area contributed by atoms with Gasteiger partial charge in [-0.15, -0.1) is 0 Å². The number of para-hydroxylation sites is 1. The largest absolute Gasteiger partial charge is 0.497 e. The van der Waals surface area contributed by atoms with E-state index in [0.717, 1.165) is 0 Å². The highest BCUT2D eigenvalue weighted by Crippen LogP contribution is 2.36. The molecule has 4 rings (SSSR count). The van der Waals surface area contributed by atoms with Crippen LogP contribution in [0.25, 0.3) is 16.6 Å². The number of hydrogen-bond donors (Lipinski definition) is 1. The van der Waals surface area contributed by atoms with E-state index in [-0.39, 0.29) is 10.6 Å². The molecule has 0 radical (unpaired) electrons. The van der Waals surface area contributed by atoms with E-state index in [1.165, 1.54) is 0 Å². The number of aromatic nitrogens is 1. The van der Waals surface area contributed by atoms with E-state index >= 15 is 0 Å². The molecule has 1 atom stereocenters. The highest BCUT2D eigenvalue weighted by atomic mass is 32.2. The monoisotopic (exact) mass is 391 g/mol. The van der Waals surface area contributed by atoms with Crippen molar-refractivity contribution in [3.05, 3.63) is 84.6 Å². The molecule has 5 nitrogen and oxygen atoms in total. The summed E-state index contributed by atoms with van der Waals surface area (Å²) < 4.78 is 20.4. The summed E-state index contributed by atoms with van der Waals surface area (Å²) in [4.78, 5) is 13.1. The smallest absolute Gasteiger partial charge is 0.354 e. The normalized spacial score (nSPS) is 12.0. The Labute approximate surface area is 164 Å². The molecule has 0 spiro atoms. The van der Waals surface area contributed by atoms with Gasteiger partial charge in [-0.3, -0.25) is 0 Å². The predicted octanol–water partition coefficient (Wildman–Crippen LogP) is 4.50. The fourth-order valence-corrected chi connectivity index (χ4v) is 4.61. The third-order valence-electron chi connectivity index (χ3n) is 4.49. The van der Waals surface area contributed by atoms with Crippen molar-refractivity contribution in [2.45, 2.75) is 9.79 Å². The molecule has 28 heavy (non-hydrogen) atoms. The molecule has 0 saturated heterocycles. The van der Waals surface area contributed by atoms with Gasteiger partial charge in [0.1, 0.15) is 11.4 Å². The first-order chi connectivity index (χ1) is 13.6. The van der Waals surface area contributed by atoms with Gasteiger partial charge in [-0.2, -0.15) is 0 Å². The average Bonchev–Trinajstić information content (AvgIpc) is 3.09. The third kappa shape index (κ3) is 2.97. The van der Waals surface area contributed by atoms with E-state index < -0.39 is 16.8 Å². The molecule has 0 aliphatic heterocycles. The van der Waals surface area contributed by atoms with Crippen LogP contribution in [0.1, 0.15) is 10.5 Å². The molecule has 1 N–H and O–H groups in total. The van der Waals surface area contributed by atoms with Crippen LogP contribution in [-0.2, 0) is 10.8 Å². The average molecular weight is 391 g/mol. The van der Waals surface area contributed by atoms with Gasteiger partial charge in [-0.25, -0.2) is 9.00 Å². The van der Waals surface area contributed by atoms with Crippen LogP contribution in [0.15, 0.2) is 88.7 Å². The van der Waals surface area contributed by atoms with E-state index in [2.05, 4.69) is 0 Å². The molecule has 0 aliphatic rings. The quantitative estimate of drug-likeness (QED) is 0.544. The zero-order chi connectivity index (χ0) is 19.7. The molecule has 0 saturated carbocycles. The number of carboxylic acid groups (broad SMARTS) is 1. The number of carbonyl (C=O) groups is 1. The maximum atomic E-state index is 13.4. The molecule has 0 fully saturated rings. The molecule has 140 valence electrons. The maximum absolute atomic E-state index is 13.4. The molecule has 6 heteroatoms. The van der Waals surface area contributed by atoms with Crippen LogP contribution in [0.2, 0.25) is 0 Å². The van der Waals surface area contributed by atoms with Crippen LogP contribution < -0.4 is 4.74 Å². The Morgan fingerprint density at radius 3 is 2.21 bits per heavy atom. The minimum absolute atomic E-state index is 0.0170. The van der Waals surface area contributed by atoms with Gasteiger partial charge in [0.25, 0.3) is 0 Å². The molecule has 4 aromatic rings. The number of benzene rings is 3. The molecule has 1 heterocycles. The highest BCUT2D eigenvalue weighted by Gasteiger charge is 2.28. The summed E-state index contributed by atoms with van der Waals surface area (Å²) in [6, 6.07) is 23.3. The number of hydrogen-bond acceptors (Lipinski definition) is 3. The van der Waals surface area contributed by atoms with Crippen LogP contribution in [0.3, 0.4) is 0 Å². The Kier molecular flexibility index (Phi) is 4.71. The van der Waals surface area contributed by atoms with Crippen molar-refractivity contribution >= 4 is 27.7 Å². The number of fused-ring (bicyclic) bond motifs is 1. The Morgan fingerprint density at radius 1 is 0.964 bits per heavy atom. The lowest BCUT2D eigenvalue weighted by atomic mass is 10.2. The Hall–Kier alpha value is -3.38. The van der Waals surface area contributed by atoms with E-state index in [1.54, 1.807) is 54.1 Å². The van der Waals surface area contributed by atoms with E-state index in [0.29, 0.717) is 27.2 Å². The third-order valence-corrected chi connectivity index (χ3v) is 5.97. The van der Waals surface area contributed by atoms with Gasteiger partial charge in [0.2, 0.25) is 0 Å². The number of methoxy groups -OCH3 is 1. The summed E-state index contributed by atoms with van der Waals surface area (Å²) in [5, 5.41) is 10.6. The summed E-state index contributed by atoms with van der Waals surface area (Å²) in [6.07, 6.45) is 0. The molecule has 3 aromatic carbocycles. The van der Waals surface area contributed by atoms with Crippen molar-refractivity contribution in [1.82, 2.24) is 4.57 Å². The molecule has 1 aromatic heterocycles. The van der Waals surface area contributed by atoms with Gasteiger partial charge in [-0.05, 0) is 42.5 Å². The number of carboxylic acids is 1. The van der Waals surface area contributed by atoms with Gasteiger partial charge in [-0.1, -0.05) is 36.4 Å². The topological polar surface area (TPSA) is 68.5 Å². The van der Waals surface area contributed by atoms with E-state index in [9.17, 15) is 14.1 Å². The second-order valence-corrected chi connectivity index (χ2v) is 7.54. The van der Waals surface area contributed by atoms with Crippen molar-refractivity contribution in [3.8, 4) is 11.4 Å². The van der Waals surface area contributed by atoms with Crippen molar-refractivity contribution in [1.29, 1.82) is 0 Å². The first-order valence-electron chi connectivity index (χ1n) is 8.60. The Balaban J connectivity index is 2.12. The fourth-order valence-electron chi connectivity index (χ4n) is 3.26. The van der Waals surface area contributed by atoms with E-state index in [1.807, 2.05) is 36.4 Å². The van der Waals surface area contributed by atoms with E-state index in [4.69, 9.17) is 4.74 Å². The van der Waals surface area contributed by atoms with Crippen molar-refractivity contribution in [2.24, 2.45) is 0 Å². The maximum Gasteiger partial charge on any atom is 0.354 e. The zero-order valence-electron chi connectivity index (χ0n) is 15.0. The lowest BCUT2D eigenvalue weighted by Gasteiger charge is -2.09. The Bertz CT molecular complexity index is 1180. The summed E-state index contributed by atoms with van der Waals surface area (Å²) in [5.41, 5.74) is 1.33. The first kappa shape index (κ1) is 18.0. The summed E-state index contributed by atoms with van der Waals surface area (Å²) in [6.45, 7) is 0. The predicted molar refractivity (Wildman–Crippen MR) is 108 cm³/mol. The van der Waals surface area contributed by atoms with Crippen molar-refractivity contribution in [3.63, 3.8) is 0 Å². The standard InChI is InChI=1S/C22H17NO4S/c1-27-16-12-13-19-18(14-16)21(28(26)17-10-6-3-7-11-17)20(22(24)25)23(19)15-8-4-2-5-9-15/h2-14H,1H3,(H,24,25). The van der Waals surface area contributed by atoms with Crippen molar-refractivity contribution < 1.29 is 18.8 Å². The molecule has 1 unspecified atom stereocenters. The number of nitrogens with zero attached hydrogens (tertiary/aromatic N) is 1. The van der Waals surface area contributed by atoms with Crippen LogP contribution in [0.5, 0.6) is 5.75 Å². The molecular formula is C22H17NO4S. The number of aromatic carboxylic acids is 1. The van der Waals surface area contributed by atoms with Crippen molar-refractivity contribution in [2.75, 3.05) is 7.11 Å². The van der Waals surface area contributed by atoms with Crippen LogP contribution in [-0.4, -0.2) is 27.0 Å². The summed E-state index contributed by atoms with van der Waals surface area (Å²) in [7, 11) is -0.131. The lowest BCUT2D eigenvalue weighted by Crippen LogP contribution is -2.10. The Morgan fingerprint density at radius 2 is 1.61 bits per heavy atom. The van der Waals surface area contributed by atoms with Crippen LogP contribution in [0.4, 0.5) is 0 Å². The number of ether oxygens (including phenoxy) is 1. The van der Waals surface area contributed by atoms with Gasteiger partial charge in [0.05, 0.1) is 28.3 Å². The first-order valence-corrected chi connectivity index (χ1v) is 9.75. The molecule has 0 aliphatic carbocycles. The van der Waals surface area contributed by atoms with Crippen LogP contribution in [0, 0.1) is 0 Å². The minimum Gasteiger partial charge on any atom is -0.497 e. The summed E-state index contributed by atoms with van der Waals surface area (Å²) >= 11 is 0. The molecule has 0 bridgehead atoms. The van der Waals surface area contributed by atoms with Gasteiger partial charge >= 0.3 is 5.97 Å². The number of rotatable bonds is 5.